The van der Waals surface area contributed by atoms with E-state index >= 15 is 0 Å². The lowest BCUT2D eigenvalue weighted by molar-refractivity contribution is -0.141. The van der Waals surface area contributed by atoms with E-state index in [9.17, 15) is 14.0 Å². The average molecular weight is 541 g/mol. The molecule has 2 N–H and O–H groups in total. The number of H-pyrrole nitrogens is 1. The van der Waals surface area contributed by atoms with Crippen molar-refractivity contribution in [3.8, 4) is 0 Å². The number of nitrogens with zero attached hydrogens (tertiary/aromatic N) is 2. The van der Waals surface area contributed by atoms with E-state index in [4.69, 9.17) is 0 Å². The molecule has 1 aliphatic carbocycles. The molecule has 1 aromatic heterocycles. The average Bonchev–Trinajstić information content (AvgIpc) is 3.37. The molecule has 208 valence electrons. The maximum absolute atomic E-state index is 14.2. The van der Waals surface area contributed by atoms with Crippen molar-refractivity contribution in [2.24, 2.45) is 0 Å². The predicted octanol–water partition coefficient (Wildman–Crippen LogP) is 6.13. The first-order chi connectivity index (χ1) is 19.4. The summed E-state index contributed by atoms with van der Waals surface area (Å²) < 4.78 is 13.7. The van der Waals surface area contributed by atoms with Crippen molar-refractivity contribution in [1.82, 2.24) is 15.2 Å². The van der Waals surface area contributed by atoms with Gasteiger partial charge < -0.3 is 20.1 Å². The highest BCUT2D eigenvalue weighted by molar-refractivity contribution is 5.92. The van der Waals surface area contributed by atoms with Gasteiger partial charge in [-0.1, -0.05) is 61.7 Å². The molecule has 0 aliphatic heterocycles. The SMILES string of the molecule is CN(C)c1ccc([C@@H](C(=O)NC2CCCCC2)N(Cc2ccc(F)cc2)C(=O)Cc2c[nH]c3ccccc23)cc1. The zero-order valence-electron chi connectivity index (χ0n) is 23.2. The summed E-state index contributed by atoms with van der Waals surface area (Å²) in [7, 11) is 3.93. The lowest BCUT2D eigenvalue weighted by atomic mass is 9.94. The van der Waals surface area contributed by atoms with E-state index in [0.717, 1.165) is 59.0 Å². The lowest BCUT2D eigenvalue weighted by Gasteiger charge is -2.34. The molecule has 0 unspecified atom stereocenters. The molecule has 6 nitrogen and oxygen atoms in total. The van der Waals surface area contributed by atoms with E-state index in [0.29, 0.717) is 0 Å². The van der Waals surface area contributed by atoms with Crippen LogP contribution >= 0.6 is 0 Å². The van der Waals surface area contributed by atoms with E-state index in [2.05, 4.69) is 10.3 Å². The number of carbonyl (C=O) groups is 2. The highest BCUT2D eigenvalue weighted by Gasteiger charge is 2.33. The smallest absolute Gasteiger partial charge is 0.247 e. The summed E-state index contributed by atoms with van der Waals surface area (Å²) in [5.74, 6) is -0.695. The number of aromatic nitrogens is 1. The van der Waals surface area contributed by atoms with Crippen LogP contribution in [0.4, 0.5) is 10.1 Å². The Morgan fingerprint density at radius 3 is 2.35 bits per heavy atom. The van der Waals surface area contributed by atoms with Crippen molar-refractivity contribution in [2.45, 2.75) is 57.2 Å². The van der Waals surface area contributed by atoms with Gasteiger partial charge in [-0.15, -0.1) is 0 Å². The molecule has 40 heavy (non-hydrogen) atoms. The molecule has 0 saturated heterocycles. The van der Waals surface area contributed by atoms with Gasteiger partial charge in [0.1, 0.15) is 11.9 Å². The normalized spacial score (nSPS) is 14.6. The van der Waals surface area contributed by atoms with Gasteiger partial charge in [-0.05, 0) is 59.9 Å². The summed E-state index contributed by atoms with van der Waals surface area (Å²) in [6, 6.07) is 21.1. The van der Waals surface area contributed by atoms with Gasteiger partial charge in [-0.25, -0.2) is 4.39 Å². The van der Waals surface area contributed by atoms with Gasteiger partial charge in [0.15, 0.2) is 0 Å². The minimum Gasteiger partial charge on any atom is -0.378 e. The second kappa shape index (κ2) is 12.4. The Hall–Kier alpha value is -4.13. The first kappa shape index (κ1) is 27.4. The number of benzene rings is 3. The van der Waals surface area contributed by atoms with Crippen LogP contribution in [0.1, 0.15) is 54.8 Å². The van der Waals surface area contributed by atoms with E-state index in [1.165, 1.54) is 18.6 Å². The second-order valence-electron chi connectivity index (χ2n) is 10.9. The van der Waals surface area contributed by atoms with Crippen molar-refractivity contribution >= 4 is 28.4 Å². The fourth-order valence-electron chi connectivity index (χ4n) is 5.61. The van der Waals surface area contributed by atoms with E-state index in [1.807, 2.05) is 73.7 Å². The van der Waals surface area contributed by atoms with Crippen molar-refractivity contribution in [2.75, 3.05) is 19.0 Å². The molecular formula is C33H37FN4O2. The molecule has 0 spiro atoms. The molecule has 0 bridgehead atoms. The van der Waals surface area contributed by atoms with Crippen molar-refractivity contribution in [3.63, 3.8) is 0 Å². The van der Waals surface area contributed by atoms with Crippen LogP contribution in [0.25, 0.3) is 10.9 Å². The summed E-state index contributed by atoms with van der Waals surface area (Å²) in [4.78, 5) is 35.1. The first-order valence-corrected chi connectivity index (χ1v) is 14.1. The van der Waals surface area contributed by atoms with Crippen molar-refractivity contribution in [1.29, 1.82) is 0 Å². The number of para-hydroxylation sites is 1. The van der Waals surface area contributed by atoms with Gasteiger partial charge in [0.2, 0.25) is 11.8 Å². The maximum Gasteiger partial charge on any atom is 0.247 e. The summed E-state index contributed by atoms with van der Waals surface area (Å²) in [6.07, 6.45) is 7.24. The Morgan fingerprint density at radius 2 is 1.65 bits per heavy atom. The molecule has 1 atom stereocenters. The number of amides is 2. The Morgan fingerprint density at radius 1 is 0.950 bits per heavy atom. The maximum atomic E-state index is 14.2. The third kappa shape index (κ3) is 6.36. The molecule has 5 rings (SSSR count). The Labute approximate surface area is 235 Å². The summed E-state index contributed by atoms with van der Waals surface area (Å²) in [5.41, 5.74) is 4.34. The van der Waals surface area contributed by atoms with E-state index in [-0.39, 0.29) is 36.6 Å². The second-order valence-corrected chi connectivity index (χ2v) is 10.9. The van der Waals surface area contributed by atoms with Gasteiger partial charge in [-0.3, -0.25) is 9.59 Å². The van der Waals surface area contributed by atoms with Crippen LogP contribution < -0.4 is 10.2 Å². The Kier molecular flexibility index (Phi) is 8.48. The molecule has 3 aromatic carbocycles. The summed E-state index contributed by atoms with van der Waals surface area (Å²) in [6.45, 7) is 0.180. The quantitative estimate of drug-likeness (QED) is 0.268. The van der Waals surface area contributed by atoms with Crippen molar-refractivity contribution in [3.05, 3.63) is 102 Å². The highest BCUT2D eigenvalue weighted by atomic mass is 19.1. The molecule has 2 amide bonds. The van der Waals surface area contributed by atoms with Gasteiger partial charge in [0.25, 0.3) is 0 Å². The number of anilines is 1. The standard InChI is InChI=1S/C33H37FN4O2/c1-37(2)28-18-14-24(15-19-28)32(33(40)36-27-8-4-3-5-9-27)38(22-23-12-16-26(34)17-13-23)31(39)20-25-21-35-30-11-7-6-10-29(25)30/h6-7,10-19,21,27,32,35H,3-5,8-9,20,22H2,1-2H3,(H,36,40)/t32-/m0/s1. The van der Waals surface area contributed by atoms with Gasteiger partial charge in [0, 0.05) is 49.5 Å². The number of halogens is 1. The monoisotopic (exact) mass is 540 g/mol. The third-order valence-corrected chi connectivity index (χ3v) is 7.84. The van der Waals surface area contributed by atoms with Gasteiger partial charge in [0.05, 0.1) is 6.42 Å². The highest BCUT2D eigenvalue weighted by Crippen LogP contribution is 2.29. The third-order valence-electron chi connectivity index (χ3n) is 7.84. The zero-order valence-corrected chi connectivity index (χ0v) is 23.2. The summed E-state index contributed by atoms with van der Waals surface area (Å²) >= 11 is 0. The number of rotatable bonds is 9. The predicted molar refractivity (Wildman–Crippen MR) is 157 cm³/mol. The number of hydrogen-bond donors (Lipinski definition) is 2. The Bertz CT molecular complexity index is 1440. The Balaban J connectivity index is 1.52. The summed E-state index contributed by atoms with van der Waals surface area (Å²) in [5, 5.41) is 4.25. The molecule has 1 aliphatic rings. The van der Waals surface area contributed by atoms with E-state index in [1.54, 1.807) is 17.0 Å². The van der Waals surface area contributed by atoms with Crippen LogP contribution in [0.5, 0.6) is 0 Å². The van der Waals surface area contributed by atoms with Crippen molar-refractivity contribution < 1.29 is 14.0 Å². The zero-order chi connectivity index (χ0) is 28.1. The van der Waals surface area contributed by atoms with Crippen LogP contribution in [0.3, 0.4) is 0 Å². The number of fused-ring (bicyclic) bond motifs is 1. The molecular weight excluding hydrogens is 503 g/mol. The van der Waals surface area contributed by atoms with E-state index < -0.39 is 6.04 Å². The number of aromatic amines is 1. The molecule has 7 heteroatoms. The van der Waals surface area contributed by atoms with Gasteiger partial charge in [-0.2, -0.15) is 0 Å². The number of carbonyl (C=O) groups excluding carboxylic acids is 2. The molecule has 0 radical (unpaired) electrons. The molecule has 1 fully saturated rings. The number of nitrogens with one attached hydrogen (secondary N) is 2. The largest absolute Gasteiger partial charge is 0.378 e. The van der Waals surface area contributed by atoms with Crippen LogP contribution in [0.2, 0.25) is 0 Å². The van der Waals surface area contributed by atoms with Crippen LogP contribution in [0, 0.1) is 5.82 Å². The molecule has 1 saturated carbocycles. The lowest BCUT2D eigenvalue weighted by Crippen LogP contribution is -2.47. The fourth-order valence-corrected chi connectivity index (χ4v) is 5.61. The molecule has 4 aromatic rings. The molecule has 1 heterocycles. The van der Waals surface area contributed by atoms with Crippen LogP contribution in [-0.2, 0) is 22.6 Å². The van der Waals surface area contributed by atoms with Crippen LogP contribution in [-0.4, -0.2) is 41.8 Å². The number of hydrogen-bond acceptors (Lipinski definition) is 3. The van der Waals surface area contributed by atoms with Crippen LogP contribution in [0.15, 0.2) is 79.0 Å². The fraction of sp³-hybridized carbons (Fsp3) is 0.333. The minimum absolute atomic E-state index is 0.0983. The van der Waals surface area contributed by atoms with Gasteiger partial charge >= 0.3 is 0 Å². The topological polar surface area (TPSA) is 68.4 Å². The first-order valence-electron chi connectivity index (χ1n) is 14.1. The minimum atomic E-state index is -0.833.